The fourth-order valence-electron chi connectivity index (χ4n) is 2.79. The number of halogens is 1. The van der Waals surface area contributed by atoms with Gasteiger partial charge in [-0.15, -0.1) is 11.6 Å². The van der Waals surface area contributed by atoms with Crippen LogP contribution in [0, 0.1) is 6.92 Å². The molecule has 5 nitrogen and oxygen atoms in total. The molecule has 0 amide bonds. The molecule has 0 aromatic carbocycles. The van der Waals surface area contributed by atoms with Crippen LogP contribution in [-0.2, 0) is 19.3 Å². The van der Waals surface area contributed by atoms with Crippen molar-refractivity contribution in [1.29, 1.82) is 0 Å². The van der Waals surface area contributed by atoms with Gasteiger partial charge in [0.1, 0.15) is 22.9 Å². The fourth-order valence-corrected chi connectivity index (χ4v) is 2.98. The Bertz CT molecular complexity index is 783. The first-order valence-corrected chi connectivity index (χ1v) is 7.65. The standard InChI is InChI=1S/C15H19ClN4O/c1-5-11-14-15(19(4)18-11)20(13(8-16)17-14)10(3)12-7-6-9(2)21-12/h6-7,10H,5,8H2,1-4H3. The Morgan fingerprint density at radius 1 is 1.38 bits per heavy atom. The zero-order valence-corrected chi connectivity index (χ0v) is 13.5. The molecule has 3 heterocycles. The maximum atomic E-state index is 6.10. The van der Waals surface area contributed by atoms with Crippen LogP contribution in [0.2, 0.25) is 0 Å². The fraction of sp³-hybridized carbons (Fsp3) is 0.467. The minimum atomic E-state index is 0.0255. The molecule has 0 N–H and O–H groups in total. The Morgan fingerprint density at radius 2 is 2.14 bits per heavy atom. The first-order chi connectivity index (χ1) is 10.1. The van der Waals surface area contributed by atoms with Crippen molar-refractivity contribution in [3.63, 3.8) is 0 Å². The third kappa shape index (κ3) is 2.16. The molecule has 1 atom stereocenters. The number of aromatic nitrogens is 4. The first-order valence-electron chi connectivity index (χ1n) is 7.11. The van der Waals surface area contributed by atoms with Crippen molar-refractivity contribution in [3.8, 4) is 0 Å². The number of hydrogen-bond donors (Lipinski definition) is 0. The van der Waals surface area contributed by atoms with Gasteiger partial charge in [-0.1, -0.05) is 6.92 Å². The molecule has 1 unspecified atom stereocenters. The van der Waals surface area contributed by atoms with E-state index in [1.54, 1.807) is 0 Å². The van der Waals surface area contributed by atoms with Crippen molar-refractivity contribution < 1.29 is 4.42 Å². The highest BCUT2D eigenvalue weighted by atomic mass is 35.5. The topological polar surface area (TPSA) is 48.8 Å². The summed E-state index contributed by atoms with van der Waals surface area (Å²) in [4.78, 5) is 4.68. The van der Waals surface area contributed by atoms with E-state index in [-0.39, 0.29) is 6.04 Å². The predicted octanol–water partition coefficient (Wildman–Crippen LogP) is 3.58. The molecule has 0 aliphatic rings. The van der Waals surface area contributed by atoms with Gasteiger partial charge in [-0.25, -0.2) is 4.98 Å². The van der Waals surface area contributed by atoms with Gasteiger partial charge in [-0.3, -0.25) is 4.68 Å². The van der Waals surface area contributed by atoms with Gasteiger partial charge in [0.05, 0.1) is 17.6 Å². The second kappa shape index (κ2) is 5.22. The van der Waals surface area contributed by atoms with Crippen molar-refractivity contribution in [2.24, 2.45) is 7.05 Å². The monoisotopic (exact) mass is 306 g/mol. The molecule has 6 heteroatoms. The lowest BCUT2D eigenvalue weighted by molar-refractivity contribution is 0.426. The normalized spacial score (nSPS) is 13.2. The summed E-state index contributed by atoms with van der Waals surface area (Å²) in [6, 6.07) is 4.00. The summed E-state index contributed by atoms with van der Waals surface area (Å²) in [7, 11) is 1.94. The minimum absolute atomic E-state index is 0.0255. The molecule has 3 rings (SSSR count). The van der Waals surface area contributed by atoms with Gasteiger partial charge in [-0.05, 0) is 32.4 Å². The third-order valence-corrected chi connectivity index (χ3v) is 4.06. The van der Waals surface area contributed by atoms with Crippen LogP contribution in [0.3, 0.4) is 0 Å². The number of aryl methyl sites for hydroxylation is 3. The molecule has 3 aromatic rings. The molecule has 0 bridgehead atoms. The zero-order chi connectivity index (χ0) is 15.1. The van der Waals surface area contributed by atoms with Crippen LogP contribution in [0.5, 0.6) is 0 Å². The second-order valence-electron chi connectivity index (χ2n) is 5.25. The van der Waals surface area contributed by atoms with Gasteiger partial charge in [0.2, 0.25) is 0 Å². The Kier molecular flexibility index (Phi) is 3.53. The van der Waals surface area contributed by atoms with Crippen LogP contribution >= 0.6 is 11.6 Å². The van der Waals surface area contributed by atoms with E-state index in [2.05, 4.69) is 28.5 Å². The summed E-state index contributed by atoms with van der Waals surface area (Å²) in [5.74, 6) is 3.01. The Labute approximate surface area is 128 Å². The first kappa shape index (κ1) is 14.2. The van der Waals surface area contributed by atoms with Crippen LogP contribution in [0.4, 0.5) is 0 Å². The Balaban J connectivity index is 2.22. The summed E-state index contributed by atoms with van der Waals surface area (Å²) >= 11 is 6.10. The van der Waals surface area contributed by atoms with Crippen molar-refractivity contribution in [2.45, 2.75) is 39.1 Å². The van der Waals surface area contributed by atoms with Gasteiger partial charge in [0.25, 0.3) is 0 Å². The predicted molar refractivity (Wildman–Crippen MR) is 82.7 cm³/mol. The molecule has 0 aliphatic carbocycles. The van der Waals surface area contributed by atoms with E-state index < -0.39 is 0 Å². The Morgan fingerprint density at radius 3 is 2.71 bits per heavy atom. The number of nitrogens with zero attached hydrogens (tertiary/aromatic N) is 4. The van der Waals surface area contributed by atoms with Gasteiger partial charge >= 0.3 is 0 Å². The zero-order valence-electron chi connectivity index (χ0n) is 12.7. The molecule has 0 radical (unpaired) electrons. The smallest absolute Gasteiger partial charge is 0.159 e. The lowest BCUT2D eigenvalue weighted by atomic mass is 10.2. The summed E-state index contributed by atoms with van der Waals surface area (Å²) < 4.78 is 9.77. The van der Waals surface area contributed by atoms with Crippen LogP contribution in [0.25, 0.3) is 11.2 Å². The van der Waals surface area contributed by atoms with E-state index in [0.29, 0.717) is 5.88 Å². The number of alkyl halides is 1. The van der Waals surface area contributed by atoms with E-state index in [1.807, 2.05) is 30.8 Å². The van der Waals surface area contributed by atoms with E-state index in [9.17, 15) is 0 Å². The van der Waals surface area contributed by atoms with Gasteiger partial charge in [0, 0.05) is 7.05 Å². The summed E-state index contributed by atoms with van der Waals surface area (Å²) in [5, 5.41) is 4.55. The lowest BCUT2D eigenvalue weighted by Crippen LogP contribution is -2.12. The SMILES string of the molecule is CCc1nn(C)c2c1nc(CCl)n2C(C)c1ccc(C)o1. The quantitative estimate of drug-likeness (QED) is 0.692. The average Bonchev–Trinajstić information content (AvgIpc) is 3.13. The van der Waals surface area contributed by atoms with Crippen molar-refractivity contribution in [1.82, 2.24) is 19.3 Å². The van der Waals surface area contributed by atoms with Crippen LogP contribution in [-0.4, -0.2) is 19.3 Å². The van der Waals surface area contributed by atoms with Crippen LogP contribution in [0.1, 0.15) is 42.9 Å². The van der Waals surface area contributed by atoms with Crippen molar-refractivity contribution >= 4 is 22.8 Å². The highest BCUT2D eigenvalue weighted by Gasteiger charge is 2.23. The van der Waals surface area contributed by atoms with Crippen LogP contribution < -0.4 is 0 Å². The molecular formula is C15H19ClN4O. The van der Waals surface area contributed by atoms with E-state index in [1.165, 1.54) is 0 Å². The highest BCUT2D eigenvalue weighted by Crippen LogP contribution is 2.29. The van der Waals surface area contributed by atoms with Crippen molar-refractivity contribution in [2.75, 3.05) is 0 Å². The molecule has 0 spiro atoms. The maximum absolute atomic E-state index is 6.10. The molecule has 112 valence electrons. The largest absolute Gasteiger partial charge is 0.464 e. The number of fused-ring (bicyclic) bond motifs is 1. The molecule has 3 aromatic heterocycles. The van der Waals surface area contributed by atoms with E-state index in [0.717, 1.165) is 40.6 Å². The minimum Gasteiger partial charge on any atom is -0.464 e. The summed E-state index contributed by atoms with van der Waals surface area (Å²) in [6.07, 6.45) is 0.852. The summed E-state index contributed by atoms with van der Waals surface area (Å²) in [5.41, 5.74) is 2.93. The number of imidazole rings is 1. The Hall–Kier alpha value is -1.75. The molecule has 0 saturated carbocycles. The second-order valence-corrected chi connectivity index (χ2v) is 5.52. The van der Waals surface area contributed by atoms with Crippen LogP contribution in [0.15, 0.2) is 16.5 Å². The average molecular weight is 307 g/mol. The third-order valence-electron chi connectivity index (χ3n) is 3.82. The number of hydrogen-bond acceptors (Lipinski definition) is 3. The number of furan rings is 1. The lowest BCUT2D eigenvalue weighted by Gasteiger charge is -2.14. The molecular weight excluding hydrogens is 288 g/mol. The highest BCUT2D eigenvalue weighted by molar-refractivity contribution is 6.16. The van der Waals surface area contributed by atoms with E-state index >= 15 is 0 Å². The van der Waals surface area contributed by atoms with Gasteiger partial charge < -0.3 is 8.98 Å². The van der Waals surface area contributed by atoms with Gasteiger partial charge in [-0.2, -0.15) is 5.10 Å². The molecule has 21 heavy (non-hydrogen) atoms. The molecule has 0 saturated heterocycles. The van der Waals surface area contributed by atoms with Gasteiger partial charge in [0.15, 0.2) is 5.65 Å². The molecule has 0 aliphatic heterocycles. The molecule has 0 fully saturated rings. The van der Waals surface area contributed by atoms with Crippen molar-refractivity contribution in [3.05, 3.63) is 35.2 Å². The van der Waals surface area contributed by atoms with E-state index in [4.69, 9.17) is 16.0 Å². The summed E-state index contributed by atoms with van der Waals surface area (Å²) in [6.45, 7) is 6.12. The number of rotatable bonds is 4. The maximum Gasteiger partial charge on any atom is 0.159 e.